The van der Waals surface area contributed by atoms with E-state index in [0.717, 1.165) is 36.1 Å². The van der Waals surface area contributed by atoms with Crippen molar-refractivity contribution in [2.45, 2.75) is 45.6 Å². The highest BCUT2D eigenvalue weighted by molar-refractivity contribution is 5.92. The van der Waals surface area contributed by atoms with E-state index >= 15 is 0 Å². The molecule has 25 heavy (non-hydrogen) atoms. The monoisotopic (exact) mass is 339 g/mol. The maximum Gasteiger partial charge on any atom is 0.243 e. The van der Waals surface area contributed by atoms with Crippen molar-refractivity contribution in [3.05, 3.63) is 47.7 Å². The molecule has 3 rings (SSSR count). The lowest BCUT2D eigenvalue weighted by molar-refractivity contribution is -0.117. The van der Waals surface area contributed by atoms with E-state index in [9.17, 15) is 4.79 Å². The molecule has 1 aromatic heterocycles. The molecule has 2 aromatic rings. The Morgan fingerprint density at radius 3 is 2.88 bits per heavy atom. The van der Waals surface area contributed by atoms with Crippen molar-refractivity contribution in [2.24, 2.45) is 11.7 Å². The third kappa shape index (κ3) is 4.17. The van der Waals surface area contributed by atoms with Crippen LogP contribution in [0, 0.1) is 19.8 Å². The predicted molar refractivity (Wildman–Crippen MR) is 98.8 cm³/mol. The van der Waals surface area contributed by atoms with Gasteiger partial charge in [-0.3, -0.25) is 4.79 Å². The number of amides is 1. The van der Waals surface area contributed by atoms with E-state index in [2.05, 4.69) is 10.3 Å². The number of nitrogens with zero attached hydrogens (tertiary/aromatic N) is 1. The van der Waals surface area contributed by atoms with Crippen LogP contribution in [0.25, 0.3) is 0 Å². The average Bonchev–Trinajstić information content (AvgIpc) is 2.98. The number of nitrogens with one attached hydrogen (secondary N) is 1. The first kappa shape index (κ1) is 17.4. The van der Waals surface area contributed by atoms with Gasteiger partial charge in [0.15, 0.2) is 0 Å². The van der Waals surface area contributed by atoms with E-state index in [1.165, 1.54) is 0 Å². The minimum Gasteiger partial charge on any atom is -0.437 e. The van der Waals surface area contributed by atoms with Gasteiger partial charge in [-0.15, -0.1) is 0 Å². The highest BCUT2D eigenvalue weighted by atomic mass is 16.5. The van der Waals surface area contributed by atoms with Gasteiger partial charge >= 0.3 is 0 Å². The molecule has 1 amide bonds. The quantitative estimate of drug-likeness (QED) is 0.865. The summed E-state index contributed by atoms with van der Waals surface area (Å²) in [6, 6.07) is 9.60. The van der Waals surface area contributed by atoms with Gasteiger partial charge < -0.3 is 15.8 Å². The van der Waals surface area contributed by atoms with Gasteiger partial charge in [0.2, 0.25) is 11.8 Å². The van der Waals surface area contributed by atoms with Gasteiger partial charge in [0.05, 0.1) is 0 Å². The number of aromatic nitrogens is 1. The maximum absolute atomic E-state index is 12.4. The lowest BCUT2D eigenvalue weighted by Gasteiger charge is -2.16. The van der Waals surface area contributed by atoms with Crippen molar-refractivity contribution in [1.82, 2.24) is 4.98 Å². The normalized spacial score (nSPS) is 19.6. The van der Waals surface area contributed by atoms with Crippen LogP contribution in [0.1, 0.15) is 36.8 Å². The molecule has 0 saturated heterocycles. The molecule has 5 nitrogen and oxygen atoms in total. The van der Waals surface area contributed by atoms with E-state index in [1.54, 1.807) is 18.3 Å². The molecule has 1 saturated carbocycles. The van der Waals surface area contributed by atoms with Crippen LogP contribution >= 0.6 is 0 Å². The van der Waals surface area contributed by atoms with Gasteiger partial charge in [-0.1, -0.05) is 18.6 Å². The molecular formula is C20H25N3O2. The summed E-state index contributed by atoms with van der Waals surface area (Å²) in [5.74, 6) is 1.37. The number of benzene rings is 1. The second-order valence-electron chi connectivity index (χ2n) is 6.76. The highest BCUT2D eigenvalue weighted by Gasteiger charge is 2.26. The van der Waals surface area contributed by atoms with Gasteiger partial charge in [0.1, 0.15) is 11.4 Å². The lowest BCUT2D eigenvalue weighted by Crippen LogP contribution is -2.28. The lowest BCUT2D eigenvalue weighted by atomic mass is 10.00. The molecule has 132 valence electrons. The van der Waals surface area contributed by atoms with Gasteiger partial charge in [-0.05, 0) is 61.9 Å². The van der Waals surface area contributed by atoms with Crippen LogP contribution < -0.4 is 15.8 Å². The Morgan fingerprint density at radius 2 is 2.12 bits per heavy atom. The molecule has 0 bridgehead atoms. The molecule has 1 aromatic carbocycles. The summed E-state index contributed by atoms with van der Waals surface area (Å²) in [7, 11) is 0. The number of ether oxygens (including phenoxy) is 1. The Morgan fingerprint density at radius 1 is 1.28 bits per heavy atom. The molecule has 1 aliphatic rings. The van der Waals surface area contributed by atoms with Crippen molar-refractivity contribution in [2.75, 3.05) is 5.32 Å². The average molecular weight is 339 g/mol. The molecule has 3 N–H and O–H groups in total. The van der Waals surface area contributed by atoms with Gasteiger partial charge in [-0.25, -0.2) is 4.98 Å². The van der Waals surface area contributed by atoms with Crippen molar-refractivity contribution in [1.29, 1.82) is 0 Å². The van der Waals surface area contributed by atoms with Crippen molar-refractivity contribution in [3.8, 4) is 11.6 Å². The molecule has 0 radical (unpaired) electrons. The molecule has 0 unspecified atom stereocenters. The SMILES string of the molecule is Cc1cccc(Oc2ncccc2NC(=O)C[C@@H]2CCC[C@H]2N)c1C. The standard InChI is InChI=1S/C20H25N3O2/c1-13-6-3-10-18(14(13)2)25-20-17(9-5-11-22-20)23-19(24)12-15-7-4-8-16(15)21/h3,5-6,9-11,15-16H,4,7-8,12,21H2,1-2H3,(H,23,24)/t15-,16+/m0/s1. The number of nitrogens with two attached hydrogens (primary N) is 1. The zero-order valence-corrected chi connectivity index (χ0v) is 14.8. The predicted octanol–water partition coefficient (Wildman–Crippen LogP) is 3.95. The zero-order valence-electron chi connectivity index (χ0n) is 14.8. The van der Waals surface area contributed by atoms with E-state index in [0.29, 0.717) is 18.0 Å². The number of anilines is 1. The van der Waals surface area contributed by atoms with Crippen molar-refractivity contribution in [3.63, 3.8) is 0 Å². The van der Waals surface area contributed by atoms with E-state index in [4.69, 9.17) is 10.5 Å². The summed E-state index contributed by atoms with van der Waals surface area (Å²) in [6.07, 6.45) is 5.23. The first-order valence-electron chi connectivity index (χ1n) is 8.79. The van der Waals surface area contributed by atoms with Crippen molar-refractivity contribution >= 4 is 11.6 Å². The summed E-state index contributed by atoms with van der Waals surface area (Å²) in [5, 5.41) is 2.93. The third-order valence-corrected chi connectivity index (χ3v) is 4.97. The molecule has 2 atom stereocenters. The molecule has 0 spiro atoms. The van der Waals surface area contributed by atoms with Crippen LogP contribution in [0.4, 0.5) is 5.69 Å². The van der Waals surface area contributed by atoms with Crippen LogP contribution in [0.5, 0.6) is 11.6 Å². The topological polar surface area (TPSA) is 77.2 Å². The van der Waals surface area contributed by atoms with Crippen LogP contribution in [0.2, 0.25) is 0 Å². The van der Waals surface area contributed by atoms with Gasteiger partial charge in [0, 0.05) is 18.7 Å². The Bertz CT molecular complexity index is 760. The maximum atomic E-state index is 12.4. The summed E-state index contributed by atoms with van der Waals surface area (Å²) in [5.41, 5.74) is 8.85. The fourth-order valence-electron chi connectivity index (χ4n) is 3.26. The van der Waals surface area contributed by atoms with Gasteiger partial charge in [0.25, 0.3) is 0 Å². The third-order valence-electron chi connectivity index (χ3n) is 4.97. The second-order valence-corrected chi connectivity index (χ2v) is 6.76. The number of hydrogen-bond acceptors (Lipinski definition) is 4. The number of hydrogen-bond donors (Lipinski definition) is 2. The summed E-state index contributed by atoms with van der Waals surface area (Å²) >= 11 is 0. The smallest absolute Gasteiger partial charge is 0.243 e. The molecule has 5 heteroatoms. The largest absolute Gasteiger partial charge is 0.437 e. The minimum atomic E-state index is -0.0406. The van der Waals surface area contributed by atoms with Crippen LogP contribution in [0.15, 0.2) is 36.5 Å². The van der Waals surface area contributed by atoms with Crippen molar-refractivity contribution < 1.29 is 9.53 Å². The van der Waals surface area contributed by atoms with Crippen LogP contribution in [0.3, 0.4) is 0 Å². The number of pyridine rings is 1. The first-order chi connectivity index (χ1) is 12.0. The Balaban J connectivity index is 1.72. The van der Waals surface area contributed by atoms with Crippen LogP contribution in [-0.2, 0) is 4.79 Å². The number of carbonyl (C=O) groups is 1. The first-order valence-corrected chi connectivity index (χ1v) is 8.79. The van der Waals surface area contributed by atoms with E-state index in [1.807, 2.05) is 32.0 Å². The second kappa shape index (κ2) is 7.66. The molecular weight excluding hydrogens is 314 g/mol. The molecule has 0 aliphatic heterocycles. The fourth-order valence-corrected chi connectivity index (χ4v) is 3.26. The van der Waals surface area contributed by atoms with Gasteiger partial charge in [-0.2, -0.15) is 0 Å². The molecule has 1 fully saturated rings. The number of aryl methyl sites for hydroxylation is 1. The number of rotatable bonds is 5. The summed E-state index contributed by atoms with van der Waals surface area (Å²) in [6.45, 7) is 4.04. The minimum absolute atomic E-state index is 0.0406. The highest BCUT2D eigenvalue weighted by Crippen LogP contribution is 2.31. The Labute approximate surface area is 148 Å². The molecule has 1 heterocycles. The summed E-state index contributed by atoms with van der Waals surface area (Å²) in [4.78, 5) is 16.7. The molecule has 1 aliphatic carbocycles. The number of carbonyl (C=O) groups excluding carboxylic acids is 1. The van der Waals surface area contributed by atoms with E-state index < -0.39 is 0 Å². The Kier molecular flexibility index (Phi) is 5.34. The summed E-state index contributed by atoms with van der Waals surface area (Å²) < 4.78 is 5.96. The van der Waals surface area contributed by atoms with E-state index in [-0.39, 0.29) is 17.9 Å². The van der Waals surface area contributed by atoms with Crippen LogP contribution in [-0.4, -0.2) is 16.9 Å². The fraction of sp³-hybridized carbons (Fsp3) is 0.400. The zero-order chi connectivity index (χ0) is 17.8. The Hall–Kier alpha value is -2.40.